The number of rotatable bonds is 2. The average Bonchev–Trinajstić information content (AvgIpc) is 2.54. The molecule has 0 amide bonds. The molecule has 1 aliphatic carbocycles. The van der Waals surface area contributed by atoms with Crippen molar-refractivity contribution >= 4 is 5.78 Å². The van der Waals surface area contributed by atoms with Crippen LogP contribution < -0.4 is 10.1 Å². The van der Waals surface area contributed by atoms with Gasteiger partial charge in [-0.3, -0.25) is 4.79 Å². The summed E-state index contributed by atoms with van der Waals surface area (Å²) in [7, 11) is 1.62. The minimum Gasteiger partial charge on any atom is -0.497 e. The van der Waals surface area contributed by atoms with Crippen LogP contribution in [0, 0.1) is 11.3 Å². The quantitative estimate of drug-likeness (QED) is 0.910. The maximum Gasteiger partial charge on any atom is 0.161 e. The van der Waals surface area contributed by atoms with Crippen molar-refractivity contribution in [1.82, 2.24) is 5.32 Å². The van der Waals surface area contributed by atoms with Gasteiger partial charge in [0.15, 0.2) is 5.78 Å². The van der Waals surface area contributed by atoms with E-state index >= 15 is 0 Å². The first-order valence-electron chi connectivity index (χ1n) is 7.43. The highest BCUT2D eigenvalue weighted by atomic mass is 16.5. The minimum atomic E-state index is -0.288. The molecule has 1 atom stereocenters. The van der Waals surface area contributed by atoms with Crippen molar-refractivity contribution in [2.75, 3.05) is 7.11 Å². The van der Waals surface area contributed by atoms with Gasteiger partial charge < -0.3 is 10.1 Å². The number of Topliss-reactive ketones (excluding diaryl/α,β-unsaturated/α-hetero) is 1. The van der Waals surface area contributed by atoms with E-state index in [9.17, 15) is 10.1 Å². The van der Waals surface area contributed by atoms with Crippen LogP contribution in [0.25, 0.3) is 0 Å². The van der Waals surface area contributed by atoms with Gasteiger partial charge in [-0.1, -0.05) is 12.1 Å². The molecule has 1 N–H and O–H groups in total. The van der Waals surface area contributed by atoms with Crippen LogP contribution in [0.2, 0.25) is 0 Å². The molecule has 0 radical (unpaired) electrons. The SMILES string of the molecule is COc1cccc(C2C(C#N)=C(C)NC3=C2C(=O)CCC3)c1. The number of dihydropyridines is 1. The van der Waals surface area contributed by atoms with Gasteiger partial charge in [0.05, 0.1) is 24.7 Å². The van der Waals surface area contributed by atoms with Crippen molar-refractivity contribution in [3.8, 4) is 11.8 Å². The number of hydrogen-bond donors (Lipinski definition) is 1. The molecule has 0 saturated heterocycles. The van der Waals surface area contributed by atoms with E-state index in [1.165, 1.54) is 0 Å². The summed E-state index contributed by atoms with van der Waals surface area (Å²) in [6.07, 6.45) is 2.28. The van der Waals surface area contributed by atoms with Crippen LogP contribution in [0.3, 0.4) is 0 Å². The number of benzene rings is 1. The molecule has 4 nitrogen and oxygen atoms in total. The summed E-state index contributed by atoms with van der Waals surface area (Å²) in [6, 6.07) is 9.91. The van der Waals surface area contributed by atoms with Gasteiger partial charge in [-0.2, -0.15) is 5.26 Å². The molecule has 3 rings (SSSR count). The number of ether oxygens (including phenoxy) is 1. The molecule has 0 fully saturated rings. The minimum absolute atomic E-state index is 0.141. The Bertz CT molecular complexity index is 738. The lowest BCUT2D eigenvalue weighted by Gasteiger charge is -2.32. The van der Waals surface area contributed by atoms with E-state index in [-0.39, 0.29) is 11.7 Å². The van der Waals surface area contributed by atoms with Gasteiger partial charge in [-0.15, -0.1) is 0 Å². The Morgan fingerprint density at radius 3 is 2.91 bits per heavy atom. The van der Waals surface area contributed by atoms with Gasteiger partial charge in [0.2, 0.25) is 0 Å². The molecule has 2 aliphatic rings. The van der Waals surface area contributed by atoms with Crippen LogP contribution >= 0.6 is 0 Å². The van der Waals surface area contributed by atoms with Gasteiger partial charge in [0.25, 0.3) is 0 Å². The lowest BCUT2D eigenvalue weighted by atomic mass is 9.75. The molecule has 0 aromatic heterocycles. The number of ketones is 1. The van der Waals surface area contributed by atoms with E-state index in [2.05, 4.69) is 11.4 Å². The van der Waals surface area contributed by atoms with Crippen LogP contribution in [-0.2, 0) is 4.79 Å². The molecule has 1 unspecified atom stereocenters. The first kappa shape index (κ1) is 14.4. The summed E-state index contributed by atoms with van der Waals surface area (Å²) in [5.41, 5.74) is 4.10. The zero-order valence-electron chi connectivity index (χ0n) is 12.8. The number of hydrogen-bond acceptors (Lipinski definition) is 4. The second-order valence-electron chi connectivity index (χ2n) is 5.65. The summed E-state index contributed by atoms with van der Waals surface area (Å²) in [6.45, 7) is 1.90. The van der Waals surface area contributed by atoms with E-state index in [0.717, 1.165) is 41.1 Å². The number of carbonyl (C=O) groups is 1. The molecule has 1 heterocycles. The number of nitrogens with one attached hydrogen (secondary N) is 1. The monoisotopic (exact) mass is 294 g/mol. The molecule has 4 heteroatoms. The molecule has 22 heavy (non-hydrogen) atoms. The fourth-order valence-electron chi connectivity index (χ4n) is 3.29. The standard InChI is InChI=1S/C18H18N2O2/c1-11-14(10-19)17(12-5-3-6-13(9-12)22-2)18-15(20-11)7-4-8-16(18)21/h3,5-6,9,17,20H,4,7-8H2,1-2H3. The third kappa shape index (κ3) is 2.29. The lowest BCUT2D eigenvalue weighted by molar-refractivity contribution is -0.116. The first-order valence-corrected chi connectivity index (χ1v) is 7.43. The van der Waals surface area contributed by atoms with Crippen molar-refractivity contribution in [3.05, 3.63) is 52.4 Å². The molecule has 1 aliphatic heterocycles. The Morgan fingerprint density at radius 1 is 1.36 bits per heavy atom. The van der Waals surface area contributed by atoms with Crippen LogP contribution in [-0.4, -0.2) is 12.9 Å². The second kappa shape index (κ2) is 5.69. The molecule has 1 aromatic carbocycles. The fourth-order valence-corrected chi connectivity index (χ4v) is 3.29. The van der Waals surface area contributed by atoms with E-state index in [0.29, 0.717) is 12.0 Å². The Kier molecular flexibility index (Phi) is 3.72. The third-order valence-electron chi connectivity index (χ3n) is 4.32. The first-order chi connectivity index (χ1) is 10.7. The van der Waals surface area contributed by atoms with E-state index < -0.39 is 0 Å². The molecule has 0 saturated carbocycles. The van der Waals surface area contributed by atoms with Gasteiger partial charge in [-0.25, -0.2) is 0 Å². The highest BCUT2D eigenvalue weighted by Crippen LogP contribution is 2.42. The van der Waals surface area contributed by atoms with Crippen molar-refractivity contribution in [2.24, 2.45) is 0 Å². The van der Waals surface area contributed by atoms with Crippen molar-refractivity contribution in [3.63, 3.8) is 0 Å². The Labute approximate surface area is 130 Å². The normalized spacial score (nSPS) is 21.1. The van der Waals surface area contributed by atoms with Crippen molar-refractivity contribution < 1.29 is 9.53 Å². The average molecular weight is 294 g/mol. The van der Waals surface area contributed by atoms with Gasteiger partial charge in [0.1, 0.15) is 5.75 Å². The fraction of sp³-hybridized carbons (Fsp3) is 0.333. The summed E-state index contributed by atoms with van der Waals surface area (Å²) >= 11 is 0. The van der Waals surface area contributed by atoms with Crippen molar-refractivity contribution in [2.45, 2.75) is 32.1 Å². The van der Waals surface area contributed by atoms with Crippen LogP contribution in [0.4, 0.5) is 0 Å². The predicted molar refractivity (Wildman–Crippen MR) is 83.1 cm³/mol. The number of nitriles is 1. The number of allylic oxidation sites excluding steroid dienone is 4. The highest BCUT2D eigenvalue weighted by Gasteiger charge is 2.35. The molecule has 0 spiro atoms. The van der Waals surface area contributed by atoms with E-state index in [4.69, 9.17) is 4.74 Å². The van der Waals surface area contributed by atoms with Crippen LogP contribution in [0.15, 0.2) is 46.8 Å². The van der Waals surface area contributed by atoms with Crippen LogP contribution in [0.5, 0.6) is 5.75 Å². The third-order valence-corrected chi connectivity index (χ3v) is 4.32. The Hall–Kier alpha value is -2.54. The maximum absolute atomic E-state index is 12.5. The topological polar surface area (TPSA) is 62.1 Å². The molecular formula is C18H18N2O2. The number of nitrogens with zero attached hydrogens (tertiary/aromatic N) is 1. The predicted octanol–water partition coefficient (Wildman–Crippen LogP) is 3.19. The Morgan fingerprint density at radius 2 is 2.18 bits per heavy atom. The summed E-state index contributed by atoms with van der Waals surface area (Å²) in [5, 5.41) is 12.8. The lowest BCUT2D eigenvalue weighted by Crippen LogP contribution is -2.31. The largest absolute Gasteiger partial charge is 0.497 e. The number of carbonyl (C=O) groups excluding carboxylic acids is 1. The Balaban J connectivity index is 2.18. The van der Waals surface area contributed by atoms with Gasteiger partial charge >= 0.3 is 0 Å². The second-order valence-corrected chi connectivity index (χ2v) is 5.65. The van der Waals surface area contributed by atoms with Crippen molar-refractivity contribution in [1.29, 1.82) is 5.26 Å². The molecule has 0 bridgehead atoms. The zero-order chi connectivity index (χ0) is 15.7. The molecular weight excluding hydrogens is 276 g/mol. The van der Waals surface area contributed by atoms with Crippen LogP contribution in [0.1, 0.15) is 37.7 Å². The van der Waals surface area contributed by atoms with Gasteiger partial charge in [-0.05, 0) is 37.5 Å². The highest BCUT2D eigenvalue weighted by molar-refractivity contribution is 5.99. The number of methoxy groups -OCH3 is 1. The summed E-state index contributed by atoms with van der Waals surface area (Å²) < 4.78 is 5.29. The van der Waals surface area contributed by atoms with E-state index in [1.807, 2.05) is 31.2 Å². The molecule has 112 valence electrons. The van der Waals surface area contributed by atoms with E-state index in [1.54, 1.807) is 7.11 Å². The smallest absolute Gasteiger partial charge is 0.161 e. The summed E-state index contributed by atoms with van der Waals surface area (Å²) in [4.78, 5) is 12.5. The zero-order valence-corrected chi connectivity index (χ0v) is 12.8. The summed E-state index contributed by atoms with van der Waals surface area (Å²) in [5.74, 6) is 0.586. The molecule has 1 aromatic rings. The van der Waals surface area contributed by atoms with Gasteiger partial charge in [0, 0.05) is 23.4 Å². The maximum atomic E-state index is 12.5.